The molecular weight excluding hydrogens is 637 g/mol. The number of hydrogen-bond donors (Lipinski definition) is 3. The number of amides is 2. The van der Waals surface area contributed by atoms with Crippen LogP contribution in [0.2, 0.25) is 0 Å². The van der Waals surface area contributed by atoms with Gasteiger partial charge in [0.25, 0.3) is 0 Å². The average molecular weight is 707 g/mol. The van der Waals surface area contributed by atoms with Gasteiger partial charge in [0.2, 0.25) is 5.91 Å². The molecule has 0 fully saturated rings. The van der Waals surface area contributed by atoms with E-state index in [2.05, 4.69) is 6.92 Å². The lowest BCUT2D eigenvalue weighted by Crippen LogP contribution is -2.39. The fourth-order valence-electron chi connectivity index (χ4n) is 6.22. The Balaban J connectivity index is 1.87. The minimum atomic E-state index is -4.89. The second-order valence-corrected chi connectivity index (χ2v) is 13.8. The van der Waals surface area contributed by atoms with Crippen molar-refractivity contribution in [3.63, 3.8) is 0 Å². The summed E-state index contributed by atoms with van der Waals surface area (Å²) in [6.07, 6.45) is 20.0. The Hall–Kier alpha value is -1.69. The van der Waals surface area contributed by atoms with E-state index in [-0.39, 0.29) is 24.9 Å². The van der Waals surface area contributed by atoms with E-state index in [0.717, 1.165) is 63.4 Å². The first-order chi connectivity index (χ1) is 23.6. The van der Waals surface area contributed by atoms with Crippen LogP contribution in [0.4, 0.5) is 13.2 Å². The predicted octanol–water partition coefficient (Wildman–Crippen LogP) is 8.18. The summed E-state index contributed by atoms with van der Waals surface area (Å²) >= 11 is 0. The molecule has 0 unspecified atom stereocenters. The van der Waals surface area contributed by atoms with Crippen molar-refractivity contribution in [1.29, 1.82) is 0 Å². The number of carbonyl (C=O) groups is 2. The summed E-state index contributed by atoms with van der Waals surface area (Å²) in [5.74, 6) is -1.99. The maximum Gasteiger partial charge on any atom is 0.471 e. The van der Waals surface area contributed by atoms with Gasteiger partial charge in [-0.1, -0.05) is 122 Å². The number of aliphatic hydroxyl groups is 2. The highest BCUT2D eigenvalue weighted by molar-refractivity contribution is 5.96. The topological polar surface area (TPSA) is 108 Å². The maximum atomic E-state index is 12.7. The number of alkyl halides is 3. The third-order valence-electron chi connectivity index (χ3n) is 9.21. The van der Waals surface area contributed by atoms with Gasteiger partial charge >= 0.3 is 12.1 Å². The quantitative estimate of drug-likeness (QED) is 0.0595. The Kier molecular flexibility index (Phi) is 26.8. The molecule has 1 rings (SSSR count). The van der Waals surface area contributed by atoms with Gasteiger partial charge in [-0.25, -0.2) is 0 Å². The molecule has 0 aromatic carbocycles. The molecule has 0 aromatic rings. The maximum absolute atomic E-state index is 12.7. The zero-order valence-electron chi connectivity index (χ0n) is 30.7. The van der Waals surface area contributed by atoms with Crippen molar-refractivity contribution in [3.8, 4) is 0 Å². The summed E-state index contributed by atoms with van der Waals surface area (Å²) in [6.45, 7) is 5.86. The Morgan fingerprint density at radius 2 is 1.22 bits per heavy atom. The summed E-state index contributed by atoms with van der Waals surface area (Å²) < 4.78 is 47.9. The molecule has 0 saturated heterocycles. The van der Waals surface area contributed by atoms with E-state index in [1.165, 1.54) is 77.0 Å². The highest BCUT2D eigenvalue weighted by Crippen LogP contribution is 2.23. The average Bonchev–Trinajstić information content (AvgIpc) is 3.33. The minimum absolute atomic E-state index is 0.0455. The molecule has 0 radical (unpaired) electrons. The van der Waals surface area contributed by atoms with Crippen molar-refractivity contribution in [2.45, 2.75) is 180 Å². The van der Waals surface area contributed by atoms with Crippen LogP contribution in [0.1, 0.15) is 155 Å². The number of carbonyl (C=O) groups excluding carboxylic acids is 2. The van der Waals surface area contributed by atoms with Gasteiger partial charge < -0.3 is 29.9 Å². The molecule has 1 aliphatic rings. The van der Waals surface area contributed by atoms with E-state index in [4.69, 9.17) is 9.47 Å². The lowest BCUT2D eigenvalue weighted by atomic mass is 10.0. The largest absolute Gasteiger partial charge is 0.471 e. The SMILES string of the molecule is CCCCCCCCCC[C@H](O)COCCOC[C@@H](O)CCCCCCCCCCCCC1=C[C@H](C)N(CCCNC(=O)C(F)(F)F)C1=O. The zero-order chi connectivity index (χ0) is 36.2. The molecular formula is C38H69F3N2O6. The first-order valence-electron chi connectivity index (χ1n) is 19.4. The van der Waals surface area contributed by atoms with Crippen LogP contribution < -0.4 is 5.32 Å². The van der Waals surface area contributed by atoms with Gasteiger partial charge in [-0.15, -0.1) is 0 Å². The molecule has 1 aliphatic heterocycles. The summed E-state index contributed by atoms with van der Waals surface area (Å²) in [4.78, 5) is 25.2. The number of nitrogens with zero attached hydrogens (tertiary/aromatic N) is 1. The van der Waals surface area contributed by atoms with Crippen molar-refractivity contribution in [2.75, 3.05) is 39.5 Å². The van der Waals surface area contributed by atoms with E-state index >= 15 is 0 Å². The zero-order valence-corrected chi connectivity index (χ0v) is 30.7. The molecule has 1 heterocycles. The third kappa shape index (κ3) is 24.2. The standard InChI is InChI=1S/C38H69F3N2O6/c1-3-4-5-6-7-13-16-19-23-34(44)30-48-27-28-49-31-35(45)24-20-17-14-11-9-8-10-12-15-18-22-33-29-32(2)43(36(33)46)26-21-25-42-37(47)38(39,40)41/h29,32,34-35,44-45H,3-28,30-31H2,1-2H3,(H,42,47)/t32-,34-,35-/m0/s1. The Bertz CT molecular complexity index is 873. The summed E-state index contributed by atoms with van der Waals surface area (Å²) in [5.41, 5.74) is 0.785. The van der Waals surface area contributed by atoms with E-state index in [1.807, 2.05) is 18.3 Å². The van der Waals surface area contributed by atoms with E-state index < -0.39 is 24.3 Å². The molecule has 0 saturated carbocycles. The number of rotatable bonds is 33. The first kappa shape index (κ1) is 45.3. The van der Waals surface area contributed by atoms with Crippen LogP contribution in [0, 0.1) is 0 Å². The molecule has 11 heteroatoms. The number of aliphatic hydroxyl groups excluding tert-OH is 2. The molecule has 0 spiro atoms. The summed E-state index contributed by atoms with van der Waals surface area (Å²) in [6, 6.07) is -0.0807. The molecule has 2 amide bonds. The van der Waals surface area contributed by atoms with Gasteiger partial charge in [-0.2, -0.15) is 13.2 Å². The molecule has 3 atom stereocenters. The van der Waals surface area contributed by atoms with Gasteiger partial charge in [0.15, 0.2) is 0 Å². The van der Waals surface area contributed by atoms with Crippen molar-refractivity contribution in [3.05, 3.63) is 11.6 Å². The molecule has 0 bridgehead atoms. The smallest absolute Gasteiger partial charge is 0.391 e. The monoisotopic (exact) mass is 707 g/mol. The van der Waals surface area contributed by atoms with Crippen LogP contribution in [-0.4, -0.2) is 90.9 Å². The van der Waals surface area contributed by atoms with Gasteiger partial charge in [-0.05, 0) is 39.0 Å². The van der Waals surface area contributed by atoms with Crippen molar-refractivity contribution < 1.29 is 42.4 Å². The summed E-state index contributed by atoms with van der Waals surface area (Å²) in [5, 5.41) is 22.1. The van der Waals surface area contributed by atoms with Crippen molar-refractivity contribution in [2.24, 2.45) is 0 Å². The number of nitrogens with one attached hydrogen (secondary N) is 1. The number of unbranched alkanes of at least 4 members (excludes halogenated alkanes) is 16. The highest BCUT2D eigenvalue weighted by Gasteiger charge is 2.38. The van der Waals surface area contributed by atoms with Crippen LogP contribution in [0.5, 0.6) is 0 Å². The second kappa shape index (κ2) is 28.9. The Morgan fingerprint density at radius 3 is 1.69 bits per heavy atom. The van der Waals surface area contributed by atoms with Crippen molar-refractivity contribution >= 4 is 11.8 Å². The lowest BCUT2D eigenvalue weighted by Gasteiger charge is -2.22. The Morgan fingerprint density at radius 1 is 0.776 bits per heavy atom. The molecule has 0 aromatic heterocycles. The van der Waals surface area contributed by atoms with Crippen LogP contribution in [0.3, 0.4) is 0 Å². The molecule has 288 valence electrons. The summed E-state index contributed by atoms with van der Waals surface area (Å²) in [7, 11) is 0. The molecule has 8 nitrogen and oxygen atoms in total. The van der Waals surface area contributed by atoms with Gasteiger partial charge in [0.05, 0.1) is 38.6 Å². The highest BCUT2D eigenvalue weighted by atomic mass is 19.4. The van der Waals surface area contributed by atoms with Gasteiger partial charge in [-0.3, -0.25) is 9.59 Å². The van der Waals surface area contributed by atoms with Crippen LogP contribution in [0.15, 0.2) is 11.6 Å². The van der Waals surface area contributed by atoms with Crippen molar-refractivity contribution in [1.82, 2.24) is 10.2 Å². The Labute approximate surface area is 294 Å². The van der Waals surface area contributed by atoms with E-state index in [0.29, 0.717) is 33.0 Å². The molecule has 3 N–H and O–H groups in total. The van der Waals surface area contributed by atoms with Gasteiger partial charge in [0.1, 0.15) is 0 Å². The van der Waals surface area contributed by atoms with Crippen LogP contribution in [-0.2, 0) is 19.1 Å². The van der Waals surface area contributed by atoms with Crippen LogP contribution in [0.25, 0.3) is 0 Å². The number of hydrogen-bond acceptors (Lipinski definition) is 6. The first-order valence-corrected chi connectivity index (χ1v) is 19.4. The number of halogens is 3. The van der Waals surface area contributed by atoms with E-state index in [1.54, 1.807) is 4.90 Å². The molecule has 0 aliphatic carbocycles. The normalized spacial score (nSPS) is 16.3. The lowest BCUT2D eigenvalue weighted by molar-refractivity contribution is -0.173. The fraction of sp³-hybridized carbons (Fsp3) is 0.895. The third-order valence-corrected chi connectivity index (χ3v) is 9.21. The fourth-order valence-corrected chi connectivity index (χ4v) is 6.22. The van der Waals surface area contributed by atoms with Gasteiger partial charge in [0, 0.05) is 24.7 Å². The van der Waals surface area contributed by atoms with E-state index in [9.17, 15) is 33.0 Å². The van der Waals surface area contributed by atoms with Crippen LogP contribution >= 0.6 is 0 Å². The number of ether oxygens (including phenoxy) is 2. The second-order valence-electron chi connectivity index (χ2n) is 13.8. The predicted molar refractivity (Wildman–Crippen MR) is 189 cm³/mol. The minimum Gasteiger partial charge on any atom is -0.391 e. The molecule has 49 heavy (non-hydrogen) atoms.